The molecule has 0 aliphatic carbocycles. The molecule has 1 aromatic carbocycles. The molecule has 0 saturated heterocycles. The van der Waals surface area contributed by atoms with E-state index in [1.54, 1.807) is 24.3 Å². The highest BCUT2D eigenvalue weighted by molar-refractivity contribution is 6.30. The molecule has 122 valence electrons. The summed E-state index contributed by atoms with van der Waals surface area (Å²) in [4.78, 5) is 24.6. The molecule has 0 saturated carbocycles. The summed E-state index contributed by atoms with van der Waals surface area (Å²) < 4.78 is 31.7. The Morgan fingerprint density at radius 2 is 1.65 bits per heavy atom. The van der Waals surface area contributed by atoms with Crippen molar-refractivity contribution in [2.24, 2.45) is 0 Å². The second-order valence-corrected chi connectivity index (χ2v) is 4.42. The highest BCUT2D eigenvalue weighted by Gasteiger charge is 2.38. The number of nitrogens with zero attached hydrogens (tertiary/aromatic N) is 1. The third-order valence-corrected chi connectivity index (χ3v) is 2.47. The van der Waals surface area contributed by atoms with Crippen LogP contribution in [0.1, 0.15) is 10.4 Å². The molecule has 2 rings (SSSR count). The van der Waals surface area contributed by atoms with Crippen molar-refractivity contribution >= 4 is 29.3 Å². The average Bonchev–Trinajstić information content (AvgIpc) is 2.50. The second-order valence-electron chi connectivity index (χ2n) is 3.98. The van der Waals surface area contributed by atoms with Gasteiger partial charge in [-0.15, -0.1) is 0 Å². The number of amides is 1. The zero-order valence-electron chi connectivity index (χ0n) is 11.3. The molecule has 0 aliphatic heterocycles. The van der Waals surface area contributed by atoms with E-state index in [0.29, 0.717) is 16.4 Å². The van der Waals surface area contributed by atoms with Crippen molar-refractivity contribution in [3.63, 3.8) is 0 Å². The van der Waals surface area contributed by atoms with Crippen molar-refractivity contribution < 1.29 is 27.9 Å². The molecule has 1 amide bonds. The minimum atomic E-state index is -5.08. The number of alkyl halides is 3. The van der Waals surface area contributed by atoms with Crippen LogP contribution in [0, 0.1) is 0 Å². The molecule has 0 radical (unpaired) electrons. The number of halogens is 4. The second kappa shape index (κ2) is 8.14. The topological polar surface area (TPSA) is 79.3 Å². The van der Waals surface area contributed by atoms with E-state index in [1.807, 2.05) is 18.2 Å². The van der Waals surface area contributed by atoms with Crippen LogP contribution in [0.15, 0.2) is 48.7 Å². The summed E-state index contributed by atoms with van der Waals surface area (Å²) in [6, 6.07) is 12.3. The van der Waals surface area contributed by atoms with Gasteiger partial charge in [-0.3, -0.25) is 4.79 Å². The van der Waals surface area contributed by atoms with E-state index < -0.39 is 12.1 Å². The summed E-state index contributed by atoms with van der Waals surface area (Å²) in [6.07, 6.45) is -3.60. The molecule has 9 heteroatoms. The molecule has 1 heterocycles. The van der Waals surface area contributed by atoms with E-state index >= 15 is 0 Å². The highest BCUT2D eigenvalue weighted by atomic mass is 35.5. The number of nitrogens with one attached hydrogen (secondary N) is 1. The fourth-order valence-corrected chi connectivity index (χ4v) is 1.34. The Balaban J connectivity index is 0.000000322. The number of pyridine rings is 1. The van der Waals surface area contributed by atoms with E-state index in [0.717, 1.165) is 0 Å². The summed E-state index contributed by atoms with van der Waals surface area (Å²) in [6.45, 7) is 0. The van der Waals surface area contributed by atoms with Gasteiger partial charge in [0.05, 0.1) is 5.02 Å². The largest absolute Gasteiger partial charge is 0.490 e. The number of carbonyl (C=O) groups is 2. The monoisotopic (exact) mass is 346 g/mol. The van der Waals surface area contributed by atoms with E-state index in [1.165, 1.54) is 6.20 Å². The lowest BCUT2D eigenvalue weighted by molar-refractivity contribution is -0.192. The first-order valence-electron chi connectivity index (χ1n) is 5.98. The number of carboxylic acid groups (broad SMARTS) is 1. The first kappa shape index (κ1) is 18.4. The van der Waals surface area contributed by atoms with Crippen molar-refractivity contribution in [3.8, 4) is 0 Å². The Hall–Kier alpha value is -2.61. The molecule has 0 fully saturated rings. The number of rotatable bonds is 2. The normalized spacial score (nSPS) is 10.3. The zero-order chi connectivity index (χ0) is 17.5. The van der Waals surface area contributed by atoms with Crippen molar-refractivity contribution in [2.45, 2.75) is 6.18 Å². The summed E-state index contributed by atoms with van der Waals surface area (Å²) >= 11 is 5.69. The van der Waals surface area contributed by atoms with Gasteiger partial charge in [-0.25, -0.2) is 9.78 Å². The molecule has 0 bridgehead atoms. The van der Waals surface area contributed by atoms with Crippen LogP contribution in [0.2, 0.25) is 5.02 Å². The van der Waals surface area contributed by atoms with Crippen LogP contribution in [0.5, 0.6) is 0 Å². The standard InChI is InChI=1S/C12H9ClN2O.C2HF3O2/c13-10-6-7-11(14-8-10)15-12(16)9-4-2-1-3-5-9;3-2(4,5)1(6)7/h1-8H,(H,14,15,16);(H,6,7). The quantitative estimate of drug-likeness (QED) is 0.870. The van der Waals surface area contributed by atoms with E-state index in [-0.39, 0.29) is 5.91 Å². The van der Waals surface area contributed by atoms with E-state index in [2.05, 4.69) is 10.3 Å². The van der Waals surface area contributed by atoms with Gasteiger partial charge in [0.15, 0.2) is 0 Å². The van der Waals surface area contributed by atoms with Gasteiger partial charge in [-0.2, -0.15) is 13.2 Å². The molecule has 1 aromatic heterocycles. The Kier molecular flexibility index (Phi) is 6.52. The van der Waals surface area contributed by atoms with E-state index in [9.17, 15) is 18.0 Å². The van der Waals surface area contributed by atoms with Crippen molar-refractivity contribution in [1.82, 2.24) is 4.98 Å². The molecule has 2 aromatic rings. The van der Waals surface area contributed by atoms with Gasteiger partial charge in [0.1, 0.15) is 5.82 Å². The third kappa shape index (κ3) is 6.79. The summed E-state index contributed by atoms with van der Waals surface area (Å²) in [5.74, 6) is -2.46. The van der Waals surface area contributed by atoms with Gasteiger partial charge in [-0.05, 0) is 24.3 Å². The van der Waals surface area contributed by atoms with Crippen molar-refractivity contribution in [2.75, 3.05) is 5.32 Å². The maximum absolute atomic E-state index is 11.7. The number of hydrogen-bond donors (Lipinski definition) is 2. The number of hydrogen-bond acceptors (Lipinski definition) is 3. The van der Waals surface area contributed by atoms with Gasteiger partial charge >= 0.3 is 12.1 Å². The first-order chi connectivity index (χ1) is 10.7. The van der Waals surface area contributed by atoms with Crippen LogP contribution in [0.3, 0.4) is 0 Å². The fourth-order valence-electron chi connectivity index (χ4n) is 1.23. The molecular weight excluding hydrogens is 337 g/mol. The number of anilines is 1. The SMILES string of the molecule is O=C(Nc1ccc(Cl)cn1)c1ccccc1.O=C(O)C(F)(F)F. The minimum absolute atomic E-state index is 0.185. The smallest absolute Gasteiger partial charge is 0.475 e. The minimum Gasteiger partial charge on any atom is -0.475 e. The summed E-state index contributed by atoms with van der Waals surface area (Å²) in [5.41, 5.74) is 0.597. The van der Waals surface area contributed by atoms with Crippen LogP contribution in [-0.4, -0.2) is 28.1 Å². The summed E-state index contributed by atoms with van der Waals surface area (Å²) in [7, 11) is 0. The molecule has 23 heavy (non-hydrogen) atoms. The molecule has 2 N–H and O–H groups in total. The third-order valence-electron chi connectivity index (χ3n) is 2.25. The van der Waals surface area contributed by atoms with Crippen molar-refractivity contribution in [3.05, 3.63) is 59.2 Å². The van der Waals surface area contributed by atoms with Crippen LogP contribution in [-0.2, 0) is 4.79 Å². The Labute approximate surface area is 133 Å². The maximum Gasteiger partial charge on any atom is 0.490 e. The number of aliphatic carboxylic acids is 1. The van der Waals surface area contributed by atoms with Crippen LogP contribution in [0.4, 0.5) is 19.0 Å². The number of benzene rings is 1. The van der Waals surface area contributed by atoms with Gasteiger partial charge in [0.25, 0.3) is 5.91 Å². The van der Waals surface area contributed by atoms with Gasteiger partial charge in [-0.1, -0.05) is 29.8 Å². The fraction of sp³-hybridized carbons (Fsp3) is 0.0714. The van der Waals surface area contributed by atoms with Crippen LogP contribution in [0.25, 0.3) is 0 Å². The van der Waals surface area contributed by atoms with Crippen molar-refractivity contribution in [1.29, 1.82) is 0 Å². The Morgan fingerprint density at radius 1 is 1.09 bits per heavy atom. The molecule has 0 spiro atoms. The average molecular weight is 347 g/mol. The van der Waals surface area contributed by atoms with Gasteiger partial charge in [0, 0.05) is 11.8 Å². The number of aromatic nitrogens is 1. The molecule has 5 nitrogen and oxygen atoms in total. The molecular formula is C14H10ClF3N2O3. The maximum atomic E-state index is 11.7. The first-order valence-corrected chi connectivity index (χ1v) is 6.36. The number of carbonyl (C=O) groups excluding carboxylic acids is 1. The van der Waals surface area contributed by atoms with Gasteiger partial charge in [0.2, 0.25) is 0 Å². The van der Waals surface area contributed by atoms with Gasteiger partial charge < -0.3 is 10.4 Å². The Morgan fingerprint density at radius 3 is 2.09 bits per heavy atom. The highest BCUT2D eigenvalue weighted by Crippen LogP contribution is 2.13. The predicted molar refractivity (Wildman–Crippen MR) is 77.3 cm³/mol. The lowest BCUT2D eigenvalue weighted by atomic mass is 10.2. The zero-order valence-corrected chi connectivity index (χ0v) is 12.1. The lowest BCUT2D eigenvalue weighted by Crippen LogP contribution is -2.21. The predicted octanol–water partition coefficient (Wildman–Crippen LogP) is 3.62. The molecule has 0 unspecified atom stereocenters. The Bertz CT molecular complexity index is 661. The molecule has 0 aliphatic rings. The number of carboxylic acids is 1. The summed E-state index contributed by atoms with van der Waals surface area (Å²) in [5, 5.41) is 10.3. The molecule has 0 atom stereocenters. The lowest BCUT2D eigenvalue weighted by Gasteiger charge is -2.03. The van der Waals surface area contributed by atoms with Crippen LogP contribution < -0.4 is 5.32 Å². The van der Waals surface area contributed by atoms with E-state index in [4.69, 9.17) is 21.5 Å². The van der Waals surface area contributed by atoms with Crippen LogP contribution >= 0.6 is 11.6 Å².